The molecule has 0 aromatic carbocycles. The Morgan fingerprint density at radius 3 is 2.05 bits per heavy atom. The third-order valence-electron chi connectivity index (χ3n) is 13.0. The Morgan fingerprint density at radius 1 is 0.762 bits per heavy atom. The van der Waals surface area contributed by atoms with Crippen molar-refractivity contribution in [1.29, 1.82) is 0 Å². The monoisotopic (exact) mass is 1210 g/mol. The van der Waals surface area contributed by atoms with Gasteiger partial charge in [-0.25, -0.2) is 38.2 Å². The van der Waals surface area contributed by atoms with E-state index < -0.39 is 135 Å². The normalized spacial score (nSPS) is 29.2. The van der Waals surface area contributed by atoms with Crippen molar-refractivity contribution >= 4 is 88.2 Å². The van der Waals surface area contributed by atoms with E-state index >= 15 is 0 Å². The van der Waals surface area contributed by atoms with E-state index in [0.717, 1.165) is 30.7 Å². The molecule has 3 fully saturated rings. The highest BCUT2D eigenvalue weighted by Crippen LogP contribution is 2.68. The quantitative estimate of drug-likeness (QED) is 0.0178. The molecule has 1 amide bonds. The summed E-state index contributed by atoms with van der Waals surface area (Å²) in [5.74, 6) is -2.02. The first kappa shape index (κ1) is 59.0. The highest BCUT2D eigenvalue weighted by Gasteiger charge is 2.58. The summed E-state index contributed by atoms with van der Waals surface area (Å²) in [6, 6.07) is 0. The number of carbonyl (C=O) groups is 1. The number of hydrogen-bond acceptors (Lipinski definition) is 28. The fourth-order valence-corrected chi connectivity index (χ4v) is 14.8. The van der Waals surface area contributed by atoms with Crippen LogP contribution in [0.2, 0.25) is 0 Å². The van der Waals surface area contributed by atoms with Crippen molar-refractivity contribution in [2.75, 3.05) is 50.7 Å². The fourth-order valence-electron chi connectivity index (χ4n) is 9.54. The number of aromatic nitrogens is 12. The minimum atomic E-state index is -6.23. The number of phosphoric acid groups is 3. The lowest BCUT2D eigenvalue weighted by Crippen LogP contribution is -2.45. The van der Waals surface area contributed by atoms with Gasteiger partial charge in [0.25, 0.3) is 17.1 Å². The minimum absolute atomic E-state index is 0.00565. The van der Waals surface area contributed by atoms with Crippen molar-refractivity contribution in [2.24, 2.45) is 13.0 Å². The number of aliphatic hydroxyl groups is 3. The van der Waals surface area contributed by atoms with Gasteiger partial charge in [0.05, 0.1) is 45.6 Å². The second kappa shape index (κ2) is 22.6. The standard InChI is InChI=1S/C37H52N16O23P4/c1-14(54)41-6-4-5-15-16(72-33(22(15)55)53-13-50(2)21-30(53)47-37(40)49-32(21)59)7-70-78(62,63)75-80(66,67)76-79(64,65)71-9-18-26(25(68-3)35(74-18)51-11-44-19-27(38)42-10-43-28(19)51)77(60,61)69-8-17-23(56)24(57)34(73-17)52-12-45-20-29(52)46-36(39)48-31(20)58/h10-13,15-18,22-26,33-35,55-57H,4-9H2,1-3H3,(H12-,38,39,40,41,42,43,46,47,48,49,54,58,59,60,61,62,63,64,65,66,67)/p+1/t15-,16-,17-,18-,22-,23-,24-,25-,26-,33-,34-,35-/m1/s1. The number of H-pyrrole nitrogens is 2. The smallest absolute Gasteiger partial charge is 0.387 e. The van der Waals surface area contributed by atoms with E-state index in [4.69, 9.17) is 49.7 Å². The van der Waals surface area contributed by atoms with Gasteiger partial charge in [0.15, 0.2) is 41.4 Å². The summed E-state index contributed by atoms with van der Waals surface area (Å²) in [5, 5.41) is 36.1. The molecule has 16 atom stereocenters. The van der Waals surface area contributed by atoms with Crippen LogP contribution >= 0.6 is 31.1 Å². The van der Waals surface area contributed by atoms with E-state index in [-0.39, 0.29) is 76.5 Å². The number of phosphoric ester groups is 2. The summed E-state index contributed by atoms with van der Waals surface area (Å²) < 4.78 is 107. The first-order valence-electron chi connectivity index (χ1n) is 23.5. The summed E-state index contributed by atoms with van der Waals surface area (Å²) in [4.78, 5) is 109. The molecule has 9 heterocycles. The van der Waals surface area contributed by atoms with E-state index in [9.17, 15) is 67.5 Å². The molecule has 0 aliphatic carbocycles. The number of nitrogens with two attached hydrogens (primary N) is 3. The van der Waals surface area contributed by atoms with Gasteiger partial charge in [0.2, 0.25) is 23.6 Å². The number of nitrogens with one attached hydrogen (secondary N) is 3. The number of ether oxygens (including phenoxy) is 4. The van der Waals surface area contributed by atoms with Crippen molar-refractivity contribution in [3.8, 4) is 0 Å². The van der Waals surface area contributed by atoms with Crippen molar-refractivity contribution in [3.63, 3.8) is 0 Å². The third kappa shape index (κ3) is 12.0. The van der Waals surface area contributed by atoms with Gasteiger partial charge in [0.1, 0.15) is 54.1 Å². The van der Waals surface area contributed by atoms with Crippen LogP contribution in [0.1, 0.15) is 38.4 Å². The molecule has 43 heteroatoms. The lowest BCUT2D eigenvalue weighted by atomic mass is 9.93. The fraction of sp³-hybridized carbons (Fsp3) is 0.568. The first-order valence-corrected chi connectivity index (χ1v) is 29.6. The molecule has 16 N–H and O–H groups in total. The van der Waals surface area contributed by atoms with Crippen LogP contribution < -0.4 is 38.2 Å². The Kier molecular flexibility index (Phi) is 16.7. The molecular formula is C37H53N16O23P4+. The third-order valence-corrected chi connectivity index (χ3v) is 19.2. The molecule has 9 rings (SSSR count). The molecule has 4 unspecified atom stereocenters. The zero-order valence-electron chi connectivity index (χ0n) is 41.6. The van der Waals surface area contributed by atoms with E-state index in [1.54, 1.807) is 0 Å². The average Bonchev–Trinajstić information content (AvgIpc) is 4.29. The SMILES string of the molecule is CO[C@@H]1[C@H](P(=O)(O)OC[C@H]2O[C@@H](n3cnc4c(=O)[nH]c(N)nc43)[C@H](O)[C@@H]2O)[C@@H](COP(=O)(O)OP(=O)(O)OP(=O)(O)OC[C@H]2O[C@@H]([n+]3cn(C)c4c(=O)[nH]c(N)nc43)[C@H](O)[C@@H]2CCCNC(C)=O)O[C@H]1n1cnc2c(N)ncnc21. The average molecular weight is 1210 g/mol. The Bertz CT molecular complexity index is 3640. The number of fused-ring (bicyclic) bond motifs is 3. The maximum Gasteiger partial charge on any atom is 0.490 e. The van der Waals surface area contributed by atoms with Crippen LogP contribution in [-0.2, 0) is 71.2 Å². The molecule has 3 aliphatic heterocycles. The van der Waals surface area contributed by atoms with Crippen molar-refractivity contribution in [3.05, 3.63) is 46.0 Å². The predicted octanol–water partition coefficient (Wildman–Crippen LogP) is -3.47. The summed E-state index contributed by atoms with van der Waals surface area (Å²) in [5.41, 5.74) is 13.8. The highest BCUT2D eigenvalue weighted by molar-refractivity contribution is 7.66. The molecule has 6 aromatic heterocycles. The second-order valence-electron chi connectivity index (χ2n) is 18.3. The molecule has 3 saturated heterocycles. The number of anilines is 3. The number of nitrogen functional groups attached to an aromatic ring is 3. The number of hydrogen-bond donors (Lipinski definition) is 13. The molecule has 0 saturated carbocycles. The zero-order chi connectivity index (χ0) is 58.0. The van der Waals surface area contributed by atoms with E-state index in [1.165, 1.54) is 34.0 Å². The van der Waals surface area contributed by atoms with Crippen LogP contribution in [0, 0.1) is 5.92 Å². The van der Waals surface area contributed by atoms with Gasteiger partial charge in [-0.05, 0) is 12.8 Å². The molecule has 3 aliphatic rings. The van der Waals surface area contributed by atoms with Gasteiger partial charge >= 0.3 is 36.7 Å². The lowest BCUT2D eigenvalue weighted by Gasteiger charge is -2.28. The molecular weight excluding hydrogens is 1160 g/mol. The predicted molar refractivity (Wildman–Crippen MR) is 263 cm³/mol. The number of carbonyl (C=O) groups excluding carboxylic acids is 1. The summed E-state index contributed by atoms with van der Waals surface area (Å²) in [7, 11) is -20.8. The number of aromatic amines is 2. The Hall–Kier alpha value is -5.60. The topological polar surface area (TPSA) is 562 Å². The summed E-state index contributed by atoms with van der Waals surface area (Å²) >= 11 is 0. The number of amides is 1. The second-order valence-corrected chi connectivity index (χ2v) is 24.9. The molecule has 438 valence electrons. The molecule has 39 nitrogen and oxygen atoms in total. The molecule has 0 bridgehead atoms. The van der Waals surface area contributed by atoms with E-state index in [2.05, 4.69) is 53.8 Å². The Labute approximate surface area is 446 Å². The minimum Gasteiger partial charge on any atom is -0.387 e. The van der Waals surface area contributed by atoms with Gasteiger partial charge in [-0.1, -0.05) is 4.98 Å². The Morgan fingerprint density at radius 2 is 1.38 bits per heavy atom. The van der Waals surface area contributed by atoms with Crippen LogP contribution in [0.5, 0.6) is 0 Å². The molecule has 0 spiro atoms. The lowest BCUT2D eigenvalue weighted by molar-refractivity contribution is -0.745. The summed E-state index contributed by atoms with van der Waals surface area (Å²) in [6.45, 7) is -1.83. The zero-order valence-corrected chi connectivity index (χ0v) is 45.2. The van der Waals surface area contributed by atoms with Crippen LogP contribution in [0.3, 0.4) is 0 Å². The van der Waals surface area contributed by atoms with Crippen LogP contribution in [0.4, 0.5) is 17.7 Å². The Balaban J connectivity index is 0.891. The highest BCUT2D eigenvalue weighted by atomic mass is 31.3. The first-order chi connectivity index (χ1) is 37.6. The number of aryl methyl sites for hydroxylation is 1. The van der Waals surface area contributed by atoms with Crippen molar-refractivity contribution in [2.45, 2.75) is 86.8 Å². The van der Waals surface area contributed by atoms with Crippen LogP contribution in [-0.4, -0.2) is 176 Å². The summed E-state index contributed by atoms with van der Waals surface area (Å²) in [6.07, 6.45) is -11.0. The van der Waals surface area contributed by atoms with Gasteiger partial charge in [-0.2, -0.15) is 13.6 Å². The van der Waals surface area contributed by atoms with Gasteiger partial charge in [-0.15, -0.1) is 0 Å². The van der Waals surface area contributed by atoms with Crippen LogP contribution in [0.25, 0.3) is 33.5 Å². The van der Waals surface area contributed by atoms with Crippen LogP contribution in [0.15, 0.2) is 34.9 Å². The number of aliphatic hydroxyl groups excluding tert-OH is 3. The van der Waals surface area contributed by atoms with Gasteiger partial charge < -0.3 is 80.9 Å². The van der Waals surface area contributed by atoms with Crippen molar-refractivity contribution < 1.29 is 104 Å². The molecule has 6 aromatic rings. The molecule has 0 radical (unpaired) electrons. The number of imidazole rings is 3. The maximum absolute atomic E-state index is 14.5. The number of rotatable bonds is 22. The van der Waals surface area contributed by atoms with Gasteiger partial charge in [-0.3, -0.25) is 51.7 Å². The molecule has 80 heavy (non-hydrogen) atoms. The number of nitrogens with zero attached hydrogens (tertiary/aromatic N) is 10. The van der Waals surface area contributed by atoms with E-state index in [0.29, 0.717) is 0 Å². The van der Waals surface area contributed by atoms with E-state index in [1.807, 2.05) is 0 Å². The maximum atomic E-state index is 14.5. The van der Waals surface area contributed by atoms with Gasteiger partial charge in [0, 0.05) is 26.5 Å². The van der Waals surface area contributed by atoms with Crippen molar-refractivity contribution in [1.82, 2.24) is 58.9 Å². The number of methoxy groups -OCH3 is 1. The largest absolute Gasteiger partial charge is 0.490 e.